The molecule has 20 heavy (non-hydrogen) atoms. The fraction of sp³-hybridized carbons (Fsp3) is 0.400. The lowest BCUT2D eigenvalue weighted by Crippen LogP contribution is -2.14. The van der Waals surface area contributed by atoms with E-state index in [1.165, 1.54) is 6.26 Å². The summed E-state index contributed by atoms with van der Waals surface area (Å²) in [5.74, 6) is -1.32. The van der Waals surface area contributed by atoms with E-state index >= 15 is 0 Å². The molecule has 0 aliphatic rings. The molecule has 0 aliphatic heterocycles. The van der Waals surface area contributed by atoms with E-state index in [9.17, 15) is 21.3 Å². The van der Waals surface area contributed by atoms with Crippen molar-refractivity contribution >= 4 is 26.1 Å². The molecular formula is C10H13FN2O5S2. The molecule has 1 aromatic rings. The highest BCUT2D eigenvalue weighted by Crippen LogP contribution is 2.16. The molecule has 0 bridgehead atoms. The van der Waals surface area contributed by atoms with Crippen molar-refractivity contribution in [3.8, 4) is 5.75 Å². The van der Waals surface area contributed by atoms with Crippen molar-refractivity contribution in [1.82, 2.24) is 4.98 Å². The van der Waals surface area contributed by atoms with Gasteiger partial charge in [0.15, 0.2) is 5.75 Å². The molecule has 1 heterocycles. The van der Waals surface area contributed by atoms with Crippen molar-refractivity contribution in [2.24, 2.45) is 4.36 Å². The molecule has 10 heteroatoms. The van der Waals surface area contributed by atoms with Gasteiger partial charge in [0, 0.05) is 17.7 Å². The number of aromatic nitrogens is 1. The summed E-state index contributed by atoms with van der Waals surface area (Å²) in [6.45, 7) is 3.29. The van der Waals surface area contributed by atoms with Gasteiger partial charge in [0.25, 0.3) is 5.91 Å². The third kappa shape index (κ3) is 4.85. The number of carbonyl (C=O) groups is 1. The Kier molecular flexibility index (Phi) is 4.81. The number of halogens is 1. The molecule has 1 rings (SSSR count). The van der Waals surface area contributed by atoms with E-state index < -0.39 is 31.9 Å². The van der Waals surface area contributed by atoms with Crippen molar-refractivity contribution in [1.29, 1.82) is 0 Å². The van der Waals surface area contributed by atoms with E-state index in [1.807, 2.05) is 0 Å². The van der Waals surface area contributed by atoms with Crippen LogP contribution in [0.5, 0.6) is 5.75 Å². The number of rotatable bonds is 4. The van der Waals surface area contributed by atoms with Crippen LogP contribution in [0, 0.1) is 0 Å². The van der Waals surface area contributed by atoms with Crippen LogP contribution in [0.25, 0.3) is 0 Å². The molecule has 0 spiro atoms. The second-order valence-corrected chi connectivity index (χ2v) is 7.99. The lowest BCUT2D eigenvalue weighted by Gasteiger charge is -2.07. The quantitative estimate of drug-likeness (QED) is 0.774. The molecular weight excluding hydrogens is 311 g/mol. The first-order chi connectivity index (χ1) is 9.01. The highest BCUT2D eigenvalue weighted by Gasteiger charge is 2.15. The summed E-state index contributed by atoms with van der Waals surface area (Å²) in [5, 5.41) is -0.343. The minimum atomic E-state index is -5.21. The van der Waals surface area contributed by atoms with Crippen LogP contribution in [0.4, 0.5) is 3.89 Å². The summed E-state index contributed by atoms with van der Waals surface area (Å²) < 4.78 is 52.5. The minimum absolute atomic E-state index is 0.152. The topological polar surface area (TPSA) is 103 Å². The van der Waals surface area contributed by atoms with Crippen LogP contribution < -0.4 is 4.18 Å². The van der Waals surface area contributed by atoms with Gasteiger partial charge in [-0.2, -0.15) is 12.8 Å². The fourth-order valence-electron chi connectivity index (χ4n) is 1.02. The van der Waals surface area contributed by atoms with Gasteiger partial charge in [-0.1, -0.05) is 17.7 Å². The van der Waals surface area contributed by atoms with Crippen molar-refractivity contribution in [3.63, 3.8) is 0 Å². The van der Waals surface area contributed by atoms with Crippen molar-refractivity contribution in [3.05, 3.63) is 24.0 Å². The lowest BCUT2D eigenvalue weighted by atomic mass is 10.3. The fourth-order valence-corrected chi connectivity index (χ4v) is 1.99. The van der Waals surface area contributed by atoms with Crippen LogP contribution in [0.3, 0.4) is 0 Å². The average molecular weight is 324 g/mol. The average Bonchev–Trinajstić information content (AvgIpc) is 2.26. The highest BCUT2D eigenvalue weighted by atomic mass is 32.3. The van der Waals surface area contributed by atoms with Crippen molar-refractivity contribution in [2.45, 2.75) is 19.1 Å². The van der Waals surface area contributed by atoms with E-state index in [0.717, 1.165) is 18.5 Å². The van der Waals surface area contributed by atoms with Gasteiger partial charge in [0.1, 0.15) is 0 Å². The number of pyridine rings is 1. The molecule has 0 aromatic carbocycles. The molecule has 112 valence electrons. The maximum atomic E-state index is 12.4. The normalized spacial score (nSPS) is 14.7. The Morgan fingerprint density at radius 2 is 1.95 bits per heavy atom. The molecule has 0 radical (unpaired) electrons. The second kappa shape index (κ2) is 5.83. The first kappa shape index (κ1) is 16.5. The molecule has 7 nitrogen and oxygen atoms in total. The highest BCUT2D eigenvalue weighted by molar-refractivity contribution is 7.93. The zero-order valence-corrected chi connectivity index (χ0v) is 12.6. The molecule has 0 aliphatic carbocycles. The summed E-state index contributed by atoms with van der Waals surface area (Å²) in [6.07, 6.45) is 3.33. The minimum Gasteiger partial charge on any atom is -0.357 e. The van der Waals surface area contributed by atoms with Crippen LogP contribution in [0.2, 0.25) is 0 Å². The molecule has 1 unspecified atom stereocenters. The molecule has 1 amide bonds. The Morgan fingerprint density at radius 3 is 2.45 bits per heavy atom. The zero-order valence-electron chi connectivity index (χ0n) is 10.9. The predicted molar refractivity (Wildman–Crippen MR) is 70.9 cm³/mol. The number of carbonyl (C=O) groups excluding carboxylic acids is 1. The summed E-state index contributed by atoms with van der Waals surface area (Å²) >= 11 is 0. The molecule has 1 atom stereocenters. The largest absolute Gasteiger partial charge is 0.488 e. The van der Waals surface area contributed by atoms with Gasteiger partial charge >= 0.3 is 10.5 Å². The van der Waals surface area contributed by atoms with Gasteiger partial charge in [-0.15, -0.1) is 0 Å². The number of amides is 1. The zero-order chi connectivity index (χ0) is 15.6. The van der Waals surface area contributed by atoms with Crippen LogP contribution in [-0.2, 0) is 20.2 Å². The summed E-state index contributed by atoms with van der Waals surface area (Å²) in [7, 11) is -7.94. The smallest absolute Gasteiger partial charge is 0.357 e. The third-order valence-electron chi connectivity index (χ3n) is 2.29. The SMILES string of the molecule is CC(C)S(C)(=O)=NC(=O)c1cncc(OS(=O)(=O)F)c1. The van der Waals surface area contributed by atoms with E-state index in [0.29, 0.717) is 0 Å². The second-order valence-electron chi connectivity index (χ2n) is 4.19. The predicted octanol–water partition coefficient (Wildman–Crippen LogP) is 1.32. The summed E-state index contributed by atoms with van der Waals surface area (Å²) in [6, 6.07) is 0.950. The van der Waals surface area contributed by atoms with E-state index in [1.54, 1.807) is 13.8 Å². The van der Waals surface area contributed by atoms with Crippen LogP contribution in [0.1, 0.15) is 24.2 Å². The Bertz CT molecular complexity index is 736. The van der Waals surface area contributed by atoms with Gasteiger partial charge in [-0.3, -0.25) is 9.78 Å². The third-order valence-corrected chi connectivity index (χ3v) is 4.96. The summed E-state index contributed by atoms with van der Waals surface area (Å²) in [5.41, 5.74) is -0.152. The monoisotopic (exact) mass is 324 g/mol. The van der Waals surface area contributed by atoms with Crippen LogP contribution >= 0.6 is 0 Å². The Balaban J connectivity index is 3.14. The van der Waals surface area contributed by atoms with Crippen LogP contribution in [-0.4, -0.2) is 35.0 Å². The number of hydrogen-bond donors (Lipinski definition) is 0. The van der Waals surface area contributed by atoms with E-state index in [4.69, 9.17) is 0 Å². The standard InChI is InChI=1S/C10H13FN2O5S2/c1-7(2)19(3,15)13-10(14)8-4-9(6-12-5-8)18-20(11,16)17/h4-7H,1-3H3. The number of nitrogens with zero attached hydrogens (tertiary/aromatic N) is 2. The maximum Gasteiger partial charge on any atom is 0.488 e. The van der Waals surface area contributed by atoms with E-state index in [2.05, 4.69) is 13.5 Å². The first-order valence-electron chi connectivity index (χ1n) is 5.36. The van der Waals surface area contributed by atoms with Crippen molar-refractivity contribution < 1.29 is 25.5 Å². The Hall–Kier alpha value is -1.55. The molecule has 0 saturated heterocycles. The van der Waals surface area contributed by atoms with Gasteiger partial charge in [-0.05, 0) is 6.07 Å². The summed E-state index contributed by atoms with van der Waals surface area (Å²) in [4.78, 5) is 15.3. The van der Waals surface area contributed by atoms with Gasteiger partial charge in [-0.25, -0.2) is 4.21 Å². The lowest BCUT2D eigenvalue weighted by molar-refractivity contribution is 0.100. The van der Waals surface area contributed by atoms with Gasteiger partial charge in [0.05, 0.1) is 21.5 Å². The van der Waals surface area contributed by atoms with Crippen LogP contribution in [0.15, 0.2) is 22.8 Å². The molecule has 0 N–H and O–H groups in total. The molecule has 1 aromatic heterocycles. The molecule has 0 saturated carbocycles. The molecule has 0 fully saturated rings. The van der Waals surface area contributed by atoms with Gasteiger partial charge < -0.3 is 4.18 Å². The Labute approximate surface area is 116 Å². The Morgan fingerprint density at radius 1 is 1.35 bits per heavy atom. The van der Waals surface area contributed by atoms with Gasteiger partial charge in [0.2, 0.25) is 0 Å². The van der Waals surface area contributed by atoms with Crippen molar-refractivity contribution in [2.75, 3.05) is 6.26 Å². The number of hydrogen-bond acceptors (Lipinski definition) is 6. The van der Waals surface area contributed by atoms with E-state index in [-0.39, 0.29) is 10.8 Å². The first-order valence-corrected chi connectivity index (χ1v) is 8.65. The maximum absolute atomic E-state index is 12.4.